The van der Waals surface area contributed by atoms with Gasteiger partial charge in [-0.1, -0.05) is 13.0 Å². The SMILES string of the molecule is CCc1ccc2oc(=O)cc(CN3CCC(Oc4cccnc4)CC3)c2c1. The molecular weight excluding hydrogens is 340 g/mol. The van der Waals surface area contributed by atoms with Crippen molar-refractivity contribution in [2.75, 3.05) is 13.1 Å². The molecule has 0 spiro atoms. The summed E-state index contributed by atoms with van der Waals surface area (Å²) in [5.74, 6) is 0.828. The van der Waals surface area contributed by atoms with Crippen LogP contribution in [-0.4, -0.2) is 29.1 Å². The number of piperidine rings is 1. The Bertz CT molecular complexity index is 960. The summed E-state index contributed by atoms with van der Waals surface area (Å²) in [4.78, 5) is 18.4. The molecule has 140 valence electrons. The van der Waals surface area contributed by atoms with Crippen LogP contribution in [0.3, 0.4) is 0 Å². The van der Waals surface area contributed by atoms with Gasteiger partial charge in [0.1, 0.15) is 17.4 Å². The minimum absolute atomic E-state index is 0.217. The maximum Gasteiger partial charge on any atom is 0.336 e. The van der Waals surface area contributed by atoms with E-state index in [4.69, 9.17) is 9.15 Å². The predicted molar refractivity (Wildman–Crippen MR) is 105 cm³/mol. The highest BCUT2D eigenvalue weighted by Gasteiger charge is 2.21. The summed E-state index contributed by atoms with van der Waals surface area (Å²) in [6.07, 6.45) is 6.62. The molecule has 1 aliphatic rings. The molecule has 0 atom stereocenters. The lowest BCUT2D eigenvalue weighted by atomic mass is 10.0. The second kappa shape index (κ2) is 7.92. The van der Waals surface area contributed by atoms with Crippen LogP contribution in [0.2, 0.25) is 0 Å². The van der Waals surface area contributed by atoms with Crippen molar-refractivity contribution in [1.29, 1.82) is 0 Å². The van der Waals surface area contributed by atoms with Crippen LogP contribution in [0, 0.1) is 0 Å². The molecule has 0 radical (unpaired) electrons. The minimum atomic E-state index is -0.281. The lowest BCUT2D eigenvalue weighted by molar-refractivity contribution is 0.0966. The summed E-state index contributed by atoms with van der Waals surface area (Å²) in [5.41, 5.74) is 2.69. The molecule has 1 fully saturated rings. The van der Waals surface area contributed by atoms with Crippen molar-refractivity contribution in [3.05, 3.63) is 70.3 Å². The van der Waals surface area contributed by atoms with Crippen molar-refractivity contribution in [2.24, 2.45) is 0 Å². The first-order valence-corrected chi connectivity index (χ1v) is 9.56. The first-order valence-electron chi connectivity index (χ1n) is 9.56. The van der Waals surface area contributed by atoms with Crippen molar-refractivity contribution in [1.82, 2.24) is 9.88 Å². The van der Waals surface area contributed by atoms with Crippen LogP contribution >= 0.6 is 0 Å². The number of pyridine rings is 1. The quantitative estimate of drug-likeness (QED) is 0.645. The second-order valence-corrected chi connectivity index (χ2v) is 7.06. The van der Waals surface area contributed by atoms with Crippen LogP contribution < -0.4 is 10.4 Å². The zero-order valence-corrected chi connectivity index (χ0v) is 15.6. The van der Waals surface area contributed by atoms with E-state index in [1.807, 2.05) is 24.3 Å². The summed E-state index contributed by atoms with van der Waals surface area (Å²) in [6, 6.07) is 11.6. The number of aromatic nitrogens is 1. The Labute approximate surface area is 158 Å². The first kappa shape index (κ1) is 17.7. The fourth-order valence-corrected chi connectivity index (χ4v) is 3.66. The van der Waals surface area contributed by atoms with Crippen molar-refractivity contribution in [3.63, 3.8) is 0 Å². The fourth-order valence-electron chi connectivity index (χ4n) is 3.66. The third kappa shape index (κ3) is 4.19. The molecule has 0 unspecified atom stereocenters. The van der Waals surface area contributed by atoms with Crippen LogP contribution in [0.25, 0.3) is 11.0 Å². The van der Waals surface area contributed by atoms with E-state index in [0.29, 0.717) is 5.58 Å². The Hall–Kier alpha value is -2.66. The van der Waals surface area contributed by atoms with Gasteiger partial charge in [-0.2, -0.15) is 0 Å². The molecule has 0 amide bonds. The minimum Gasteiger partial charge on any atom is -0.489 e. The molecule has 1 aromatic carbocycles. The highest BCUT2D eigenvalue weighted by molar-refractivity contribution is 5.80. The number of aryl methyl sites for hydroxylation is 1. The average molecular weight is 364 g/mol. The monoisotopic (exact) mass is 364 g/mol. The lowest BCUT2D eigenvalue weighted by Gasteiger charge is -2.32. The number of rotatable bonds is 5. The molecule has 0 N–H and O–H groups in total. The van der Waals surface area contributed by atoms with Gasteiger partial charge in [-0.25, -0.2) is 4.79 Å². The fraction of sp³-hybridized carbons (Fsp3) is 0.364. The zero-order chi connectivity index (χ0) is 18.6. The van der Waals surface area contributed by atoms with Crippen molar-refractivity contribution in [3.8, 4) is 5.75 Å². The van der Waals surface area contributed by atoms with Gasteiger partial charge < -0.3 is 9.15 Å². The molecule has 3 heterocycles. The Kier molecular flexibility index (Phi) is 5.21. The molecule has 4 rings (SSSR count). The molecule has 0 aliphatic carbocycles. The van der Waals surface area contributed by atoms with E-state index in [-0.39, 0.29) is 11.7 Å². The van der Waals surface area contributed by atoms with E-state index < -0.39 is 0 Å². The second-order valence-electron chi connectivity index (χ2n) is 7.06. The molecule has 1 saturated heterocycles. The summed E-state index contributed by atoms with van der Waals surface area (Å²) >= 11 is 0. The predicted octanol–water partition coefficient (Wildman–Crippen LogP) is 3.79. The molecule has 5 nitrogen and oxygen atoms in total. The molecule has 27 heavy (non-hydrogen) atoms. The van der Waals surface area contributed by atoms with E-state index in [2.05, 4.69) is 22.9 Å². The van der Waals surface area contributed by atoms with Gasteiger partial charge in [-0.3, -0.25) is 9.88 Å². The summed E-state index contributed by atoms with van der Waals surface area (Å²) in [7, 11) is 0. The maximum atomic E-state index is 11.9. The highest BCUT2D eigenvalue weighted by atomic mass is 16.5. The van der Waals surface area contributed by atoms with Crippen LogP contribution in [0.5, 0.6) is 5.75 Å². The third-order valence-corrected chi connectivity index (χ3v) is 5.17. The first-order chi connectivity index (χ1) is 13.2. The summed E-state index contributed by atoms with van der Waals surface area (Å²) < 4.78 is 11.4. The van der Waals surface area contributed by atoms with Crippen molar-refractivity contribution >= 4 is 11.0 Å². The molecule has 0 bridgehead atoms. The number of fused-ring (bicyclic) bond motifs is 1. The molecule has 1 aliphatic heterocycles. The van der Waals surface area contributed by atoms with Gasteiger partial charge in [0.25, 0.3) is 0 Å². The molecule has 0 saturated carbocycles. The largest absolute Gasteiger partial charge is 0.489 e. The van der Waals surface area contributed by atoms with Gasteiger partial charge in [0.05, 0.1) is 6.20 Å². The third-order valence-electron chi connectivity index (χ3n) is 5.17. The topological polar surface area (TPSA) is 55.6 Å². The van der Waals surface area contributed by atoms with Crippen LogP contribution in [0.1, 0.15) is 30.9 Å². The van der Waals surface area contributed by atoms with E-state index >= 15 is 0 Å². The molecule has 5 heteroatoms. The van der Waals surface area contributed by atoms with E-state index in [9.17, 15) is 4.79 Å². The van der Waals surface area contributed by atoms with Crippen molar-refractivity contribution < 1.29 is 9.15 Å². The number of likely N-dealkylation sites (tertiary alicyclic amines) is 1. The van der Waals surface area contributed by atoms with Gasteiger partial charge in [-0.05, 0) is 54.7 Å². The number of hydrogen-bond acceptors (Lipinski definition) is 5. The van der Waals surface area contributed by atoms with Gasteiger partial charge in [0.15, 0.2) is 0 Å². The Balaban J connectivity index is 1.45. The Morgan fingerprint density at radius 2 is 2.07 bits per heavy atom. The molecule has 3 aromatic rings. The maximum absolute atomic E-state index is 11.9. The normalized spacial score (nSPS) is 15.9. The van der Waals surface area contributed by atoms with Crippen LogP contribution in [0.4, 0.5) is 0 Å². The summed E-state index contributed by atoms with van der Waals surface area (Å²) in [5, 5.41) is 1.04. The van der Waals surface area contributed by atoms with E-state index in [1.165, 1.54) is 5.56 Å². The van der Waals surface area contributed by atoms with Gasteiger partial charge in [0.2, 0.25) is 0 Å². The van der Waals surface area contributed by atoms with Gasteiger partial charge in [0, 0.05) is 37.3 Å². The van der Waals surface area contributed by atoms with Gasteiger partial charge in [-0.15, -0.1) is 0 Å². The van der Waals surface area contributed by atoms with Crippen molar-refractivity contribution in [2.45, 2.75) is 38.8 Å². The number of nitrogens with zero attached hydrogens (tertiary/aromatic N) is 2. The number of ether oxygens (including phenoxy) is 1. The average Bonchev–Trinajstić information content (AvgIpc) is 2.70. The van der Waals surface area contributed by atoms with Crippen LogP contribution in [-0.2, 0) is 13.0 Å². The highest BCUT2D eigenvalue weighted by Crippen LogP contribution is 2.23. The molecular formula is C22H24N2O3. The van der Waals surface area contributed by atoms with E-state index in [1.54, 1.807) is 18.5 Å². The lowest BCUT2D eigenvalue weighted by Crippen LogP contribution is -2.38. The van der Waals surface area contributed by atoms with Crippen LogP contribution in [0.15, 0.2) is 58.0 Å². The Morgan fingerprint density at radius 1 is 1.22 bits per heavy atom. The zero-order valence-electron chi connectivity index (χ0n) is 15.6. The van der Waals surface area contributed by atoms with E-state index in [0.717, 1.165) is 55.6 Å². The van der Waals surface area contributed by atoms with Gasteiger partial charge >= 0.3 is 5.63 Å². The number of hydrogen-bond donors (Lipinski definition) is 0. The number of benzene rings is 1. The summed E-state index contributed by atoms with van der Waals surface area (Å²) in [6.45, 7) is 4.78. The molecule has 2 aromatic heterocycles. The standard InChI is InChI=1S/C22H24N2O3/c1-2-16-5-6-21-20(12-16)17(13-22(25)27-21)15-24-10-7-18(8-11-24)26-19-4-3-9-23-14-19/h3-6,9,12-14,18H,2,7-8,10-11,15H2,1H3. The Morgan fingerprint density at radius 3 is 2.81 bits per heavy atom. The smallest absolute Gasteiger partial charge is 0.336 e.